The van der Waals surface area contributed by atoms with Crippen molar-refractivity contribution in [3.05, 3.63) is 42.5 Å². The summed E-state index contributed by atoms with van der Waals surface area (Å²) in [4.78, 5) is 4.73. The highest BCUT2D eigenvalue weighted by Gasteiger charge is 2.13. The summed E-state index contributed by atoms with van der Waals surface area (Å²) in [5.74, 6) is 1.58. The summed E-state index contributed by atoms with van der Waals surface area (Å²) in [5.41, 5.74) is 15.5. The molecular formula is C17H20N4O. The summed E-state index contributed by atoms with van der Waals surface area (Å²) < 4.78 is 7.62. The number of imidazole rings is 1. The molecule has 0 saturated carbocycles. The van der Waals surface area contributed by atoms with Gasteiger partial charge >= 0.3 is 0 Å². The zero-order valence-electron chi connectivity index (χ0n) is 12.6. The summed E-state index contributed by atoms with van der Waals surface area (Å²) in [7, 11) is 0. The number of nitrogens with zero attached hydrogens (tertiary/aromatic N) is 2. The summed E-state index contributed by atoms with van der Waals surface area (Å²) in [5, 5.41) is 0. The third kappa shape index (κ3) is 2.51. The van der Waals surface area contributed by atoms with Crippen LogP contribution in [0, 0.1) is 0 Å². The van der Waals surface area contributed by atoms with Crippen LogP contribution in [0.5, 0.6) is 5.75 Å². The fourth-order valence-electron chi connectivity index (χ4n) is 2.63. The van der Waals surface area contributed by atoms with E-state index in [-0.39, 0.29) is 0 Å². The summed E-state index contributed by atoms with van der Waals surface area (Å²) in [6.07, 6.45) is 0. The average Bonchev–Trinajstić information content (AvgIpc) is 2.89. The number of benzene rings is 2. The SMILES string of the molecule is CCOc1ccc(-c2nc3ccccc3n2CCN)cc1N. The van der Waals surface area contributed by atoms with Crippen molar-refractivity contribution in [2.45, 2.75) is 13.5 Å². The largest absolute Gasteiger partial charge is 0.492 e. The first-order valence-electron chi connectivity index (χ1n) is 7.42. The first kappa shape index (κ1) is 14.4. The zero-order valence-corrected chi connectivity index (χ0v) is 12.6. The summed E-state index contributed by atoms with van der Waals surface area (Å²) >= 11 is 0. The van der Waals surface area contributed by atoms with E-state index in [0.29, 0.717) is 31.1 Å². The highest BCUT2D eigenvalue weighted by Crippen LogP contribution is 2.30. The van der Waals surface area contributed by atoms with E-state index >= 15 is 0 Å². The van der Waals surface area contributed by atoms with Crippen molar-refractivity contribution in [1.82, 2.24) is 9.55 Å². The Morgan fingerprint density at radius 3 is 2.73 bits per heavy atom. The first-order chi connectivity index (χ1) is 10.7. The molecule has 0 fully saturated rings. The van der Waals surface area contributed by atoms with Gasteiger partial charge in [0.05, 0.1) is 23.3 Å². The lowest BCUT2D eigenvalue weighted by Crippen LogP contribution is -2.11. The standard InChI is InChI=1S/C17H20N4O/c1-2-22-16-8-7-12(11-13(16)19)17-20-14-5-3-4-6-15(14)21(17)10-9-18/h3-8,11H,2,9-10,18-19H2,1H3. The van der Waals surface area contributed by atoms with Crippen LogP contribution >= 0.6 is 0 Å². The van der Waals surface area contributed by atoms with Gasteiger partial charge in [-0.05, 0) is 37.3 Å². The maximum absolute atomic E-state index is 6.08. The monoisotopic (exact) mass is 296 g/mol. The third-order valence-electron chi connectivity index (χ3n) is 3.58. The molecule has 0 aliphatic heterocycles. The molecule has 5 heteroatoms. The quantitative estimate of drug-likeness (QED) is 0.709. The molecule has 3 rings (SSSR count). The van der Waals surface area contributed by atoms with E-state index < -0.39 is 0 Å². The number of ether oxygens (including phenoxy) is 1. The minimum Gasteiger partial charge on any atom is -0.492 e. The van der Waals surface area contributed by atoms with Crippen molar-refractivity contribution >= 4 is 16.7 Å². The molecular weight excluding hydrogens is 276 g/mol. The molecule has 0 amide bonds. The topological polar surface area (TPSA) is 79.1 Å². The highest BCUT2D eigenvalue weighted by atomic mass is 16.5. The van der Waals surface area contributed by atoms with Gasteiger partial charge in [-0.2, -0.15) is 0 Å². The Morgan fingerprint density at radius 2 is 2.00 bits per heavy atom. The van der Waals surface area contributed by atoms with Crippen LogP contribution in [0.25, 0.3) is 22.4 Å². The van der Waals surface area contributed by atoms with Gasteiger partial charge in [0.15, 0.2) is 0 Å². The van der Waals surface area contributed by atoms with E-state index in [9.17, 15) is 0 Å². The van der Waals surface area contributed by atoms with Crippen molar-refractivity contribution in [2.24, 2.45) is 5.73 Å². The van der Waals surface area contributed by atoms with Gasteiger partial charge in [-0.25, -0.2) is 4.98 Å². The van der Waals surface area contributed by atoms with Crippen LogP contribution in [0.4, 0.5) is 5.69 Å². The first-order valence-corrected chi connectivity index (χ1v) is 7.42. The van der Waals surface area contributed by atoms with Crippen molar-refractivity contribution in [3.63, 3.8) is 0 Å². The van der Waals surface area contributed by atoms with Gasteiger partial charge in [-0.1, -0.05) is 12.1 Å². The Balaban J connectivity index is 2.13. The molecule has 4 N–H and O–H groups in total. The van der Waals surface area contributed by atoms with E-state index in [1.54, 1.807) is 0 Å². The van der Waals surface area contributed by atoms with E-state index in [1.807, 2.05) is 43.3 Å². The predicted molar refractivity (Wildman–Crippen MR) is 89.8 cm³/mol. The second-order valence-electron chi connectivity index (χ2n) is 5.05. The van der Waals surface area contributed by atoms with Crippen LogP contribution in [0.2, 0.25) is 0 Å². The molecule has 1 aromatic heterocycles. The van der Waals surface area contributed by atoms with Gasteiger partial charge in [-0.15, -0.1) is 0 Å². The lowest BCUT2D eigenvalue weighted by Gasteiger charge is -2.11. The van der Waals surface area contributed by atoms with Crippen LogP contribution in [0.1, 0.15) is 6.92 Å². The van der Waals surface area contributed by atoms with Crippen molar-refractivity contribution in [3.8, 4) is 17.1 Å². The Morgan fingerprint density at radius 1 is 1.18 bits per heavy atom. The van der Waals surface area contributed by atoms with Crippen LogP contribution in [-0.4, -0.2) is 22.7 Å². The van der Waals surface area contributed by atoms with Crippen LogP contribution in [0.15, 0.2) is 42.5 Å². The molecule has 22 heavy (non-hydrogen) atoms. The Bertz CT molecular complexity index is 794. The van der Waals surface area contributed by atoms with Gasteiger partial charge in [0.25, 0.3) is 0 Å². The minimum atomic E-state index is 0.555. The van der Waals surface area contributed by atoms with Crippen molar-refractivity contribution < 1.29 is 4.74 Å². The highest BCUT2D eigenvalue weighted by molar-refractivity contribution is 5.81. The fourth-order valence-corrected chi connectivity index (χ4v) is 2.63. The van der Waals surface area contributed by atoms with Gasteiger partial charge in [0, 0.05) is 18.7 Å². The average molecular weight is 296 g/mol. The number of anilines is 1. The second kappa shape index (κ2) is 6.07. The maximum atomic E-state index is 6.08. The van der Waals surface area contributed by atoms with E-state index in [4.69, 9.17) is 21.2 Å². The number of hydrogen-bond acceptors (Lipinski definition) is 4. The third-order valence-corrected chi connectivity index (χ3v) is 3.58. The Hall–Kier alpha value is -2.53. The Labute approximate surface area is 129 Å². The molecule has 114 valence electrons. The molecule has 1 heterocycles. The lowest BCUT2D eigenvalue weighted by molar-refractivity contribution is 0.342. The normalized spacial score (nSPS) is 11.0. The molecule has 0 saturated heterocycles. The molecule has 0 radical (unpaired) electrons. The van der Waals surface area contributed by atoms with Crippen LogP contribution in [0.3, 0.4) is 0 Å². The molecule has 3 aromatic rings. The van der Waals surface area contributed by atoms with E-state index in [1.165, 1.54) is 0 Å². The van der Waals surface area contributed by atoms with Crippen molar-refractivity contribution in [2.75, 3.05) is 18.9 Å². The fraction of sp³-hybridized carbons (Fsp3) is 0.235. The molecule has 0 atom stereocenters. The maximum Gasteiger partial charge on any atom is 0.142 e. The Kier molecular flexibility index (Phi) is 3.98. The number of fused-ring (bicyclic) bond motifs is 1. The zero-order chi connectivity index (χ0) is 15.5. The number of para-hydroxylation sites is 2. The number of hydrogen-bond donors (Lipinski definition) is 2. The second-order valence-corrected chi connectivity index (χ2v) is 5.05. The molecule has 0 bridgehead atoms. The summed E-state index contributed by atoms with van der Waals surface area (Å²) in [6, 6.07) is 13.8. The molecule has 0 aliphatic rings. The van der Waals surface area contributed by atoms with Gasteiger partial charge in [0.2, 0.25) is 0 Å². The van der Waals surface area contributed by atoms with Crippen LogP contribution < -0.4 is 16.2 Å². The van der Waals surface area contributed by atoms with Gasteiger partial charge in [-0.3, -0.25) is 0 Å². The molecule has 5 nitrogen and oxygen atoms in total. The number of aromatic nitrogens is 2. The molecule has 2 aromatic carbocycles. The molecule has 0 unspecified atom stereocenters. The number of nitrogens with two attached hydrogens (primary N) is 2. The smallest absolute Gasteiger partial charge is 0.142 e. The summed E-state index contributed by atoms with van der Waals surface area (Å²) in [6.45, 7) is 3.80. The van der Waals surface area contributed by atoms with Crippen LogP contribution in [-0.2, 0) is 6.54 Å². The predicted octanol–water partition coefficient (Wildman–Crippen LogP) is 2.64. The van der Waals surface area contributed by atoms with E-state index in [2.05, 4.69) is 10.6 Å². The lowest BCUT2D eigenvalue weighted by atomic mass is 10.1. The van der Waals surface area contributed by atoms with E-state index in [0.717, 1.165) is 22.4 Å². The van der Waals surface area contributed by atoms with Gasteiger partial charge < -0.3 is 20.8 Å². The van der Waals surface area contributed by atoms with Crippen molar-refractivity contribution in [1.29, 1.82) is 0 Å². The molecule has 0 spiro atoms. The molecule has 0 aliphatic carbocycles. The number of rotatable bonds is 5. The van der Waals surface area contributed by atoms with Gasteiger partial charge in [0.1, 0.15) is 11.6 Å². The minimum absolute atomic E-state index is 0.555. The number of nitrogen functional groups attached to an aromatic ring is 1.